The van der Waals surface area contributed by atoms with E-state index in [9.17, 15) is 0 Å². The molecule has 0 atom stereocenters. The molecule has 2 rings (SSSR count). The molecule has 1 aromatic heterocycles. The Labute approximate surface area is 109 Å². The van der Waals surface area contributed by atoms with Crippen LogP contribution in [0.3, 0.4) is 0 Å². The first-order valence-electron chi connectivity index (χ1n) is 5.41. The van der Waals surface area contributed by atoms with Gasteiger partial charge in [-0.15, -0.1) is 10.2 Å². The number of methoxy groups -OCH3 is 2. The number of rotatable bonds is 5. The smallest absolute Gasteiger partial charge is 0.263 e. The van der Waals surface area contributed by atoms with Gasteiger partial charge in [-0.25, -0.2) is 10.1 Å². The van der Waals surface area contributed by atoms with Gasteiger partial charge in [0.1, 0.15) is 6.33 Å². The van der Waals surface area contributed by atoms with Crippen LogP contribution in [0.2, 0.25) is 0 Å². The lowest BCUT2D eigenvalue weighted by Crippen LogP contribution is -2.10. The number of hydrazone groups is 1. The van der Waals surface area contributed by atoms with E-state index in [1.54, 1.807) is 32.6 Å². The van der Waals surface area contributed by atoms with Gasteiger partial charge in [-0.1, -0.05) is 0 Å². The first-order valence-corrected chi connectivity index (χ1v) is 5.41. The molecule has 1 heterocycles. The first kappa shape index (κ1) is 12.7. The third-order valence-electron chi connectivity index (χ3n) is 2.36. The van der Waals surface area contributed by atoms with E-state index >= 15 is 0 Å². The van der Waals surface area contributed by atoms with Gasteiger partial charge >= 0.3 is 0 Å². The number of nitrogens with zero attached hydrogens (tertiary/aromatic N) is 4. The Kier molecular flexibility index (Phi) is 3.81. The Hall–Kier alpha value is -2.77. The molecule has 0 spiro atoms. The van der Waals surface area contributed by atoms with Crippen LogP contribution in [-0.2, 0) is 0 Å². The summed E-state index contributed by atoms with van der Waals surface area (Å²) in [5, 5.41) is 11.3. The molecule has 19 heavy (non-hydrogen) atoms. The number of benzene rings is 1. The number of ether oxygens (including phenoxy) is 2. The van der Waals surface area contributed by atoms with Gasteiger partial charge in [0.25, 0.3) is 5.95 Å². The van der Waals surface area contributed by atoms with Crippen LogP contribution in [0.4, 0.5) is 5.95 Å². The van der Waals surface area contributed by atoms with Crippen molar-refractivity contribution in [3.05, 3.63) is 30.1 Å². The second kappa shape index (κ2) is 5.71. The highest BCUT2D eigenvalue weighted by molar-refractivity contribution is 5.81. The fraction of sp³-hybridized carbons (Fsp3) is 0.182. The lowest BCUT2D eigenvalue weighted by atomic mass is 10.2. The Bertz CT molecular complexity index is 580. The fourth-order valence-electron chi connectivity index (χ4n) is 1.42. The van der Waals surface area contributed by atoms with Crippen molar-refractivity contribution in [1.82, 2.24) is 14.9 Å². The van der Waals surface area contributed by atoms with Crippen molar-refractivity contribution in [3.8, 4) is 11.5 Å². The van der Waals surface area contributed by atoms with Crippen molar-refractivity contribution < 1.29 is 9.47 Å². The summed E-state index contributed by atoms with van der Waals surface area (Å²) in [6, 6.07) is 5.45. The average Bonchev–Trinajstić information content (AvgIpc) is 2.84. The zero-order chi connectivity index (χ0) is 13.7. The first-order chi connectivity index (χ1) is 9.24. The van der Waals surface area contributed by atoms with E-state index in [2.05, 4.69) is 20.7 Å². The van der Waals surface area contributed by atoms with Crippen molar-refractivity contribution in [2.24, 2.45) is 5.10 Å². The summed E-state index contributed by atoms with van der Waals surface area (Å²) in [4.78, 5) is 0. The van der Waals surface area contributed by atoms with Gasteiger partial charge in [0.15, 0.2) is 11.5 Å². The lowest BCUT2D eigenvalue weighted by molar-refractivity contribution is 0.355. The molecule has 0 unspecified atom stereocenters. The van der Waals surface area contributed by atoms with Crippen molar-refractivity contribution >= 4 is 12.2 Å². The number of hydrogen-bond acceptors (Lipinski definition) is 7. The largest absolute Gasteiger partial charge is 0.493 e. The molecule has 0 bridgehead atoms. The molecular formula is C11H14N6O2. The zero-order valence-electron chi connectivity index (χ0n) is 10.6. The number of nitrogen functional groups attached to an aromatic ring is 1. The number of aromatic nitrogens is 3. The summed E-state index contributed by atoms with van der Waals surface area (Å²) < 4.78 is 11.6. The molecular weight excluding hydrogens is 248 g/mol. The van der Waals surface area contributed by atoms with Gasteiger partial charge in [0.05, 0.1) is 20.4 Å². The van der Waals surface area contributed by atoms with Crippen LogP contribution in [0.5, 0.6) is 11.5 Å². The molecule has 0 saturated carbocycles. The van der Waals surface area contributed by atoms with Crippen molar-refractivity contribution in [3.63, 3.8) is 0 Å². The number of hydrogen-bond donors (Lipinski definition) is 2. The highest BCUT2D eigenvalue weighted by Crippen LogP contribution is 2.26. The van der Waals surface area contributed by atoms with Crippen LogP contribution in [0.1, 0.15) is 5.56 Å². The van der Waals surface area contributed by atoms with Gasteiger partial charge in [-0.05, 0) is 23.8 Å². The summed E-state index contributed by atoms with van der Waals surface area (Å²) in [6.07, 6.45) is 2.98. The second-order valence-corrected chi connectivity index (χ2v) is 3.55. The minimum atomic E-state index is 0.344. The SMILES string of the molecule is COc1ccc(C=NNc2nncn2N)cc1OC. The fourth-order valence-corrected chi connectivity index (χ4v) is 1.42. The standard InChI is InChI=1S/C11H14N6O2/c1-18-9-4-3-8(5-10(9)19-2)6-13-15-11-16-14-7-17(11)12/h3-7H,12H2,1-2H3,(H,15,16). The Morgan fingerprint density at radius 3 is 2.74 bits per heavy atom. The summed E-state index contributed by atoms with van der Waals surface area (Å²) in [5.74, 6) is 7.16. The van der Waals surface area contributed by atoms with Gasteiger partial charge in [-0.2, -0.15) is 5.10 Å². The number of anilines is 1. The Balaban J connectivity index is 2.09. The predicted octanol–water partition coefficient (Wildman–Crippen LogP) is 0.455. The Morgan fingerprint density at radius 2 is 2.11 bits per heavy atom. The van der Waals surface area contributed by atoms with Crippen molar-refractivity contribution in [2.45, 2.75) is 0 Å². The van der Waals surface area contributed by atoms with E-state index in [1.165, 1.54) is 11.0 Å². The third-order valence-corrected chi connectivity index (χ3v) is 2.36. The van der Waals surface area contributed by atoms with Crippen LogP contribution >= 0.6 is 0 Å². The quantitative estimate of drug-likeness (QED) is 0.461. The molecule has 8 heteroatoms. The van der Waals surface area contributed by atoms with E-state index in [1.807, 2.05) is 6.07 Å². The van der Waals surface area contributed by atoms with E-state index in [-0.39, 0.29) is 0 Å². The number of nitrogens with one attached hydrogen (secondary N) is 1. The highest BCUT2D eigenvalue weighted by atomic mass is 16.5. The van der Waals surface area contributed by atoms with E-state index in [0.29, 0.717) is 17.4 Å². The topological polar surface area (TPSA) is 99.6 Å². The molecule has 0 aliphatic heterocycles. The average molecular weight is 262 g/mol. The van der Waals surface area contributed by atoms with Crippen LogP contribution in [0.15, 0.2) is 29.6 Å². The highest BCUT2D eigenvalue weighted by Gasteiger charge is 2.03. The van der Waals surface area contributed by atoms with Crippen LogP contribution < -0.4 is 20.7 Å². The molecule has 0 aliphatic carbocycles. The third kappa shape index (κ3) is 2.92. The van der Waals surface area contributed by atoms with Crippen LogP contribution in [0, 0.1) is 0 Å². The molecule has 1 aromatic carbocycles. The van der Waals surface area contributed by atoms with E-state index in [4.69, 9.17) is 15.3 Å². The molecule has 0 fully saturated rings. The van der Waals surface area contributed by atoms with Gasteiger partial charge < -0.3 is 15.3 Å². The molecule has 0 saturated heterocycles. The van der Waals surface area contributed by atoms with Gasteiger partial charge in [-0.3, -0.25) is 0 Å². The summed E-state index contributed by atoms with van der Waals surface area (Å²) >= 11 is 0. The van der Waals surface area contributed by atoms with Crippen LogP contribution in [0.25, 0.3) is 0 Å². The lowest BCUT2D eigenvalue weighted by Gasteiger charge is -2.07. The number of nitrogens with two attached hydrogens (primary N) is 1. The molecule has 100 valence electrons. The maximum absolute atomic E-state index is 5.52. The van der Waals surface area contributed by atoms with Crippen molar-refractivity contribution in [1.29, 1.82) is 0 Å². The minimum Gasteiger partial charge on any atom is -0.493 e. The maximum atomic E-state index is 5.52. The van der Waals surface area contributed by atoms with Crippen molar-refractivity contribution in [2.75, 3.05) is 25.5 Å². The molecule has 3 N–H and O–H groups in total. The maximum Gasteiger partial charge on any atom is 0.263 e. The normalized spacial score (nSPS) is 10.6. The van der Waals surface area contributed by atoms with Gasteiger partial charge in [0, 0.05) is 0 Å². The Morgan fingerprint density at radius 1 is 1.32 bits per heavy atom. The summed E-state index contributed by atoms with van der Waals surface area (Å²) in [7, 11) is 3.16. The second-order valence-electron chi connectivity index (χ2n) is 3.55. The van der Waals surface area contributed by atoms with Crippen LogP contribution in [-0.4, -0.2) is 35.3 Å². The molecule has 0 amide bonds. The zero-order valence-corrected chi connectivity index (χ0v) is 10.6. The molecule has 8 nitrogen and oxygen atoms in total. The predicted molar refractivity (Wildman–Crippen MR) is 70.9 cm³/mol. The minimum absolute atomic E-state index is 0.344. The van der Waals surface area contributed by atoms with E-state index < -0.39 is 0 Å². The van der Waals surface area contributed by atoms with Gasteiger partial charge in [0.2, 0.25) is 0 Å². The molecule has 0 radical (unpaired) electrons. The monoisotopic (exact) mass is 262 g/mol. The molecule has 0 aliphatic rings. The molecule has 2 aromatic rings. The summed E-state index contributed by atoms with van der Waals surface area (Å²) in [6.45, 7) is 0. The van der Waals surface area contributed by atoms with E-state index in [0.717, 1.165) is 5.56 Å². The summed E-state index contributed by atoms with van der Waals surface area (Å²) in [5.41, 5.74) is 3.51.